The molecule has 0 saturated carbocycles. The highest BCUT2D eigenvalue weighted by Crippen LogP contribution is 2.20. The monoisotopic (exact) mass is 332 g/mol. The van der Waals surface area contributed by atoms with E-state index in [9.17, 15) is 4.79 Å². The first-order valence-corrected chi connectivity index (χ1v) is 8.75. The Kier molecular flexibility index (Phi) is 6.10. The molecule has 0 fully saturated rings. The molecule has 0 bridgehead atoms. The van der Waals surface area contributed by atoms with E-state index in [-0.39, 0.29) is 18.0 Å². The SMILES string of the molecule is CC(C)c1nc(CNC(=O)N[C@H](c2ccccn2)C(C)C)cs1. The van der Waals surface area contributed by atoms with Crippen molar-refractivity contribution in [3.63, 3.8) is 0 Å². The Labute approximate surface area is 141 Å². The van der Waals surface area contributed by atoms with Crippen molar-refractivity contribution in [1.29, 1.82) is 0 Å². The topological polar surface area (TPSA) is 66.9 Å². The number of hydrogen-bond donors (Lipinski definition) is 2. The predicted octanol–water partition coefficient (Wildman–Crippen LogP) is 3.86. The van der Waals surface area contributed by atoms with E-state index in [2.05, 4.69) is 48.3 Å². The molecular weight excluding hydrogens is 308 g/mol. The fourth-order valence-corrected chi connectivity index (χ4v) is 3.01. The second-order valence-electron chi connectivity index (χ2n) is 6.14. The minimum atomic E-state index is -0.201. The van der Waals surface area contributed by atoms with Gasteiger partial charge in [0.05, 0.1) is 29.0 Å². The molecule has 0 unspecified atom stereocenters. The highest BCUT2D eigenvalue weighted by Gasteiger charge is 2.19. The minimum Gasteiger partial charge on any atom is -0.332 e. The summed E-state index contributed by atoms with van der Waals surface area (Å²) in [6, 6.07) is 5.42. The zero-order valence-corrected chi connectivity index (χ0v) is 14.9. The number of carbonyl (C=O) groups is 1. The molecule has 2 N–H and O–H groups in total. The minimum absolute atomic E-state index is 0.113. The number of urea groups is 1. The number of amides is 2. The zero-order chi connectivity index (χ0) is 16.8. The van der Waals surface area contributed by atoms with Gasteiger partial charge in [0, 0.05) is 17.5 Å². The molecule has 2 amide bonds. The maximum Gasteiger partial charge on any atom is 0.315 e. The first-order chi connectivity index (χ1) is 11.0. The second-order valence-corrected chi connectivity index (χ2v) is 7.02. The molecule has 0 aromatic carbocycles. The molecule has 2 aromatic rings. The third-order valence-electron chi connectivity index (χ3n) is 3.45. The van der Waals surface area contributed by atoms with E-state index >= 15 is 0 Å². The quantitative estimate of drug-likeness (QED) is 0.844. The van der Waals surface area contributed by atoms with Crippen LogP contribution in [0.1, 0.15) is 56.1 Å². The van der Waals surface area contributed by atoms with Crippen molar-refractivity contribution in [3.8, 4) is 0 Å². The Balaban J connectivity index is 1.91. The smallest absolute Gasteiger partial charge is 0.315 e. The lowest BCUT2D eigenvalue weighted by Gasteiger charge is -2.22. The van der Waals surface area contributed by atoms with Crippen LogP contribution in [0.15, 0.2) is 29.8 Å². The third-order valence-corrected chi connectivity index (χ3v) is 4.65. The first-order valence-electron chi connectivity index (χ1n) is 7.87. The number of hydrogen-bond acceptors (Lipinski definition) is 4. The molecule has 0 aliphatic heterocycles. The van der Waals surface area contributed by atoms with E-state index in [0.717, 1.165) is 16.4 Å². The van der Waals surface area contributed by atoms with Gasteiger partial charge in [-0.15, -0.1) is 11.3 Å². The highest BCUT2D eigenvalue weighted by atomic mass is 32.1. The van der Waals surface area contributed by atoms with Crippen molar-refractivity contribution in [2.75, 3.05) is 0 Å². The summed E-state index contributed by atoms with van der Waals surface area (Å²) in [7, 11) is 0. The Morgan fingerprint density at radius 2 is 2.04 bits per heavy atom. The number of rotatable bonds is 6. The summed E-state index contributed by atoms with van der Waals surface area (Å²) in [5, 5.41) is 8.96. The van der Waals surface area contributed by atoms with Crippen LogP contribution in [0.25, 0.3) is 0 Å². The van der Waals surface area contributed by atoms with Crippen molar-refractivity contribution >= 4 is 17.4 Å². The molecule has 0 radical (unpaired) electrons. The van der Waals surface area contributed by atoms with Crippen molar-refractivity contribution in [2.24, 2.45) is 5.92 Å². The molecule has 0 spiro atoms. The van der Waals surface area contributed by atoms with Crippen LogP contribution >= 0.6 is 11.3 Å². The zero-order valence-electron chi connectivity index (χ0n) is 14.0. The summed E-state index contributed by atoms with van der Waals surface area (Å²) < 4.78 is 0. The van der Waals surface area contributed by atoms with Gasteiger partial charge in [-0.1, -0.05) is 33.8 Å². The van der Waals surface area contributed by atoms with Crippen LogP contribution in [-0.4, -0.2) is 16.0 Å². The number of aromatic nitrogens is 2. The number of thiazole rings is 1. The summed E-state index contributed by atoms with van der Waals surface area (Å²) >= 11 is 1.63. The molecule has 0 aliphatic carbocycles. The van der Waals surface area contributed by atoms with E-state index in [1.165, 1.54) is 0 Å². The van der Waals surface area contributed by atoms with Crippen LogP contribution < -0.4 is 10.6 Å². The Morgan fingerprint density at radius 1 is 1.26 bits per heavy atom. The lowest BCUT2D eigenvalue weighted by Crippen LogP contribution is -2.39. The molecule has 23 heavy (non-hydrogen) atoms. The van der Waals surface area contributed by atoms with Gasteiger partial charge in [-0.25, -0.2) is 9.78 Å². The van der Waals surface area contributed by atoms with E-state index in [4.69, 9.17) is 0 Å². The second kappa shape index (κ2) is 8.06. The Bertz CT molecular complexity index is 625. The van der Waals surface area contributed by atoms with Gasteiger partial charge >= 0.3 is 6.03 Å². The van der Waals surface area contributed by atoms with Gasteiger partial charge in [0.15, 0.2) is 0 Å². The maximum atomic E-state index is 12.2. The average Bonchev–Trinajstić information content (AvgIpc) is 3.00. The Morgan fingerprint density at radius 3 is 2.61 bits per heavy atom. The average molecular weight is 332 g/mol. The van der Waals surface area contributed by atoms with Crippen molar-refractivity contribution in [2.45, 2.75) is 46.2 Å². The summed E-state index contributed by atoms with van der Waals surface area (Å²) in [5.41, 5.74) is 1.76. The Hall–Kier alpha value is -1.95. The van der Waals surface area contributed by atoms with Gasteiger partial charge in [-0.3, -0.25) is 4.98 Å². The normalized spacial score (nSPS) is 12.4. The maximum absolute atomic E-state index is 12.2. The molecular formula is C17H24N4OS. The number of carbonyl (C=O) groups excluding carboxylic acids is 1. The molecule has 124 valence electrons. The number of nitrogens with zero attached hydrogens (tertiary/aromatic N) is 2. The molecule has 2 heterocycles. The van der Waals surface area contributed by atoms with Crippen molar-refractivity contribution < 1.29 is 4.79 Å². The molecule has 6 heteroatoms. The van der Waals surface area contributed by atoms with E-state index in [0.29, 0.717) is 12.5 Å². The molecule has 2 aromatic heterocycles. The van der Waals surface area contributed by atoms with Crippen LogP contribution in [0.3, 0.4) is 0 Å². The number of nitrogens with one attached hydrogen (secondary N) is 2. The van der Waals surface area contributed by atoms with Crippen LogP contribution in [-0.2, 0) is 6.54 Å². The summed E-state index contributed by atoms with van der Waals surface area (Å²) in [5.74, 6) is 0.666. The largest absolute Gasteiger partial charge is 0.332 e. The standard InChI is InChI=1S/C17H24N4OS/c1-11(2)15(14-7-5-6-8-18-14)21-17(22)19-9-13-10-23-16(20-13)12(3)4/h5-8,10-12,15H,9H2,1-4H3,(H2,19,21,22)/t15-/m0/s1. The van der Waals surface area contributed by atoms with Gasteiger partial charge in [-0.2, -0.15) is 0 Å². The lowest BCUT2D eigenvalue weighted by atomic mass is 10.0. The van der Waals surface area contributed by atoms with Crippen molar-refractivity contribution in [3.05, 3.63) is 46.2 Å². The molecule has 0 aliphatic rings. The molecule has 0 saturated heterocycles. The third kappa shape index (κ3) is 5.03. The van der Waals surface area contributed by atoms with E-state index in [1.807, 2.05) is 23.6 Å². The van der Waals surface area contributed by atoms with Crippen LogP contribution in [0, 0.1) is 5.92 Å². The first kappa shape index (κ1) is 17.4. The summed E-state index contributed by atoms with van der Waals surface area (Å²) in [6.07, 6.45) is 1.74. The molecule has 5 nitrogen and oxygen atoms in total. The van der Waals surface area contributed by atoms with Gasteiger partial charge in [0.2, 0.25) is 0 Å². The van der Waals surface area contributed by atoms with Gasteiger partial charge in [0.1, 0.15) is 0 Å². The molecule has 2 rings (SSSR count). The van der Waals surface area contributed by atoms with Gasteiger partial charge in [-0.05, 0) is 18.1 Å². The fourth-order valence-electron chi connectivity index (χ4n) is 2.17. The highest BCUT2D eigenvalue weighted by molar-refractivity contribution is 7.09. The number of pyridine rings is 1. The van der Waals surface area contributed by atoms with Crippen LogP contribution in [0.5, 0.6) is 0 Å². The summed E-state index contributed by atoms with van der Waals surface area (Å²) in [6.45, 7) is 8.79. The lowest BCUT2D eigenvalue weighted by molar-refractivity contribution is 0.232. The van der Waals surface area contributed by atoms with E-state index in [1.54, 1.807) is 17.5 Å². The van der Waals surface area contributed by atoms with Crippen molar-refractivity contribution in [1.82, 2.24) is 20.6 Å². The van der Waals surface area contributed by atoms with E-state index < -0.39 is 0 Å². The molecule has 1 atom stereocenters. The summed E-state index contributed by atoms with van der Waals surface area (Å²) in [4.78, 5) is 21.0. The van der Waals surface area contributed by atoms with Gasteiger partial charge < -0.3 is 10.6 Å². The van der Waals surface area contributed by atoms with Crippen LogP contribution in [0.4, 0.5) is 4.79 Å². The predicted molar refractivity (Wildman–Crippen MR) is 93.4 cm³/mol. The van der Waals surface area contributed by atoms with Gasteiger partial charge in [0.25, 0.3) is 0 Å². The fraction of sp³-hybridized carbons (Fsp3) is 0.471. The van der Waals surface area contributed by atoms with Crippen LogP contribution in [0.2, 0.25) is 0 Å².